The molecule has 0 aliphatic heterocycles. The van der Waals surface area contributed by atoms with Gasteiger partial charge in [-0.05, 0) is 39.7 Å². The topological polar surface area (TPSA) is 66.1 Å². The van der Waals surface area contributed by atoms with Crippen LogP contribution in [0, 0.1) is 0 Å². The number of fused-ring (bicyclic) bond motifs is 1. The molecule has 3 aromatic rings. The molecule has 0 spiro atoms. The summed E-state index contributed by atoms with van der Waals surface area (Å²) >= 11 is 3.34. The van der Waals surface area contributed by atoms with E-state index in [-0.39, 0.29) is 11.7 Å². The molecule has 0 aliphatic rings. The van der Waals surface area contributed by atoms with Crippen molar-refractivity contribution in [2.24, 2.45) is 19.8 Å². The summed E-state index contributed by atoms with van der Waals surface area (Å²) in [4.78, 5) is 11.9. The lowest BCUT2D eigenvalue weighted by Crippen LogP contribution is -2.19. The summed E-state index contributed by atoms with van der Waals surface area (Å²) in [5.41, 5.74) is 9.78. The number of nitrogens with zero attached hydrogens (tertiary/aromatic N) is 2. The number of halogens is 1. The third kappa shape index (κ3) is 1.83. The van der Waals surface area contributed by atoms with Crippen LogP contribution in [0.1, 0.15) is 17.2 Å². The summed E-state index contributed by atoms with van der Waals surface area (Å²) in [6, 6.07) is 7.33. The minimum atomic E-state index is -0.303. The summed E-state index contributed by atoms with van der Waals surface area (Å²) in [5.74, 6) is 0. The van der Waals surface area contributed by atoms with Gasteiger partial charge in [-0.25, -0.2) is 4.79 Å². The fraction of sp³-hybridized carbons (Fsp3) is 0.214. The van der Waals surface area contributed by atoms with Gasteiger partial charge in [0.25, 0.3) is 0 Å². The van der Waals surface area contributed by atoms with E-state index in [4.69, 9.17) is 10.2 Å². The van der Waals surface area contributed by atoms with E-state index in [1.807, 2.05) is 24.3 Å². The van der Waals surface area contributed by atoms with Crippen molar-refractivity contribution in [1.29, 1.82) is 0 Å². The second kappa shape index (κ2) is 4.64. The standard InChI is InChI=1S/C14H14BrN3O2/c1-17-10-4-3-8(7-11(10)18(2)14(17)19)12(16)9-5-6-20-13(9)15/h3-7,12H,16H2,1-2H3. The Labute approximate surface area is 123 Å². The smallest absolute Gasteiger partial charge is 0.328 e. The van der Waals surface area contributed by atoms with Gasteiger partial charge in [-0.2, -0.15) is 0 Å². The molecule has 1 aromatic carbocycles. The van der Waals surface area contributed by atoms with Crippen LogP contribution in [0.2, 0.25) is 0 Å². The van der Waals surface area contributed by atoms with Crippen LogP contribution < -0.4 is 11.4 Å². The maximum absolute atomic E-state index is 11.9. The van der Waals surface area contributed by atoms with Crippen molar-refractivity contribution in [3.8, 4) is 0 Å². The third-order valence-electron chi connectivity index (χ3n) is 3.64. The van der Waals surface area contributed by atoms with Crippen LogP contribution in [0.4, 0.5) is 0 Å². The molecule has 0 bridgehead atoms. The quantitative estimate of drug-likeness (QED) is 0.781. The Bertz CT molecular complexity index is 844. The number of rotatable bonds is 2. The van der Waals surface area contributed by atoms with Gasteiger partial charge in [0.15, 0.2) is 4.67 Å². The molecule has 0 fully saturated rings. The molecule has 20 heavy (non-hydrogen) atoms. The molecule has 5 nitrogen and oxygen atoms in total. The largest absolute Gasteiger partial charge is 0.457 e. The third-order valence-corrected chi connectivity index (χ3v) is 4.28. The number of aromatic nitrogens is 2. The van der Waals surface area contributed by atoms with Gasteiger partial charge in [0.05, 0.1) is 23.3 Å². The Kier molecular flexibility index (Phi) is 3.07. The zero-order valence-electron chi connectivity index (χ0n) is 11.1. The van der Waals surface area contributed by atoms with Crippen molar-refractivity contribution in [3.63, 3.8) is 0 Å². The SMILES string of the molecule is Cn1c(=O)n(C)c2cc(C(N)c3ccoc3Br)ccc21. The fourth-order valence-electron chi connectivity index (χ4n) is 2.42. The molecule has 0 radical (unpaired) electrons. The van der Waals surface area contributed by atoms with Crippen LogP contribution in [-0.2, 0) is 14.1 Å². The Morgan fingerprint density at radius 2 is 1.90 bits per heavy atom. The highest BCUT2D eigenvalue weighted by Gasteiger charge is 2.16. The van der Waals surface area contributed by atoms with Crippen LogP contribution in [0.25, 0.3) is 11.0 Å². The molecule has 2 N–H and O–H groups in total. The van der Waals surface area contributed by atoms with Gasteiger partial charge in [-0.3, -0.25) is 9.13 Å². The average molecular weight is 336 g/mol. The molecule has 3 rings (SSSR count). The number of hydrogen-bond donors (Lipinski definition) is 1. The maximum Gasteiger partial charge on any atom is 0.328 e. The molecular weight excluding hydrogens is 322 g/mol. The molecule has 0 aliphatic carbocycles. The summed E-state index contributed by atoms with van der Waals surface area (Å²) in [7, 11) is 3.52. The first-order valence-corrected chi connectivity index (χ1v) is 6.94. The van der Waals surface area contributed by atoms with Crippen molar-refractivity contribution in [3.05, 3.63) is 56.8 Å². The van der Waals surface area contributed by atoms with Gasteiger partial charge in [0, 0.05) is 19.7 Å². The summed E-state index contributed by atoms with van der Waals surface area (Å²) in [6.45, 7) is 0. The monoisotopic (exact) mass is 335 g/mol. The number of imidazole rings is 1. The highest BCUT2D eigenvalue weighted by molar-refractivity contribution is 9.10. The van der Waals surface area contributed by atoms with E-state index < -0.39 is 0 Å². The van der Waals surface area contributed by atoms with Gasteiger partial charge in [0.2, 0.25) is 0 Å². The Morgan fingerprint density at radius 3 is 2.55 bits per heavy atom. The fourth-order valence-corrected chi connectivity index (χ4v) is 2.91. The Morgan fingerprint density at radius 1 is 1.20 bits per heavy atom. The first kappa shape index (κ1) is 13.2. The second-order valence-electron chi connectivity index (χ2n) is 4.78. The lowest BCUT2D eigenvalue weighted by Gasteiger charge is -2.11. The minimum absolute atomic E-state index is 0.0461. The predicted octanol–water partition coefficient (Wildman–Crippen LogP) is 2.28. The van der Waals surface area contributed by atoms with Crippen LogP contribution in [0.15, 0.2) is 44.4 Å². The molecule has 0 saturated carbocycles. The number of nitrogens with two attached hydrogens (primary N) is 1. The predicted molar refractivity (Wildman–Crippen MR) is 80.6 cm³/mol. The lowest BCUT2D eigenvalue weighted by molar-refractivity contribution is 0.534. The molecule has 0 saturated heterocycles. The average Bonchev–Trinajstić information content (AvgIpc) is 2.97. The van der Waals surface area contributed by atoms with Crippen molar-refractivity contribution >= 4 is 27.0 Å². The zero-order valence-corrected chi connectivity index (χ0v) is 12.7. The molecule has 1 unspecified atom stereocenters. The number of furan rings is 1. The lowest BCUT2D eigenvalue weighted by atomic mass is 10.0. The normalized spacial score (nSPS) is 13.0. The highest BCUT2D eigenvalue weighted by atomic mass is 79.9. The second-order valence-corrected chi connectivity index (χ2v) is 5.50. The maximum atomic E-state index is 11.9. The van der Waals surface area contributed by atoms with Gasteiger partial charge in [-0.15, -0.1) is 0 Å². The Balaban J connectivity index is 2.17. The van der Waals surface area contributed by atoms with E-state index in [0.29, 0.717) is 4.67 Å². The zero-order chi connectivity index (χ0) is 14.4. The van der Waals surface area contributed by atoms with Crippen molar-refractivity contribution in [1.82, 2.24) is 9.13 Å². The molecule has 2 heterocycles. The number of hydrogen-bond acceptors (Lipinski definition) is 3. The van der Waals surface area contributed by atoms with E-state index in [1.54, 1.807) is 29.5 Å². The van der Waals surface area contributed by atoms with Crippen molar-refractivity contribution < 1.29 is 4.42 Å². The first-order chi connectivity index (χ1) is 9.50. The highest BCUT2D eigenvalue weighted by Crippen LogP contribution is 2.29. The van der Waals surface area contributed by atoms with E-state index >= 15 is 0 Å². The van der Waals surface area contributed by atoms with Crippen LogP contribution >= 0.6 is 15.9 Å². The first-order valence-electron chi connectivity index (χ1n) is 6.14. The molecule has 0 amide bonds. The molecule has 104 valence electrons. The van der Waals surface area contributed by atoms with Crippen molar-refractivity contribution in [2.75, 3.05) is 0 Å². The van der Waals surface area contributed by atoms with Gasteiger partial charge < -0.3 is 10.2 Å². The molecule has 6 heteroatoms. The summed E-state index contributed by atoms with van der Waals surface area (Å²) in [5, 5.41) is 0. The van der Waals surface area contributed by atoms with E-state index in [2.05, 4.69) is 15.9 Å². The van der Waals surface area contributed by atoms with E-state index in [9.17, 15) is 4.79 Å². The van der Waals surface area contributed by atoms with Crippen LogP contribution in [0.5, 0.6) is 0 Å². The molecule has 2 aromatic heterocycles. The van der Waals surface area contributed by atoms with Crippen LogP contribution in [0.3, 0.4) is 0 Å². The number of benzene rings is 1. The van der Waals surface area contributed by atoms with Gasteiger partial charge >= 0.3 is 5.69 Å². The van der Waals surface area contributed by atoms with E-state index in [0.717, 1.165) is 22.2 Å². The van der Waals surface area contributed by atoms with Gasteiger partial charge in [0.1, 0.15) is 0 Å². The van der Waals surface area contributed by atoms with Crippen molar-refractivity contribution in [2.45, 2.75) is 6.04 Å². The number of aryl methyl sites for hydroxylation is 2. The molecular formula is C14H14BrN3O2. The van der Waals surface area contributed by atoms with Crippen LogP contribution in [-0.4, -0.2) is 9.13 Å². The summed E-state index contributed by atoms with van der Waals surface area (Å²) < 4.78 is 9.09. The summed E-state index contributed by atoms with van der Waals surface area (Å²) in [6.07, 6.45) is 1.59. The van der Waals surface area contributed by atoms with Gasteiger partial charge in [-0.1, -0.05) is 6.07 Å². The Hall–Kier alpha value is -1.79. The van der Waals surface area contributed by atoms with E-state index in [1.165, 1.54) is 0 Å². The minimum Gasteiger partial charge on any atom is -0.457 e. The molecule has 1 atom stereocenters.